The summed E-state index contributed by atoms with van der Waals surface area (Å²) in [7, 11) is 0. The maximum Gasteiger partial charge on any atom is 1.00 e. The van der Waals surface area contributed by atoms with Gasteiger partial charge in [-0.05, 0) is 19.3 Å². The first-order chi connectivity index (χ1) is 7.37. The molecule has 1 unspecified atom stereocenters. The Morgan fingerprint density at radius 2 is 1.50 bits per heavy atom. The molecule has 0 N–H and O–H groups in total. The van der Waals surface area contributed by atoms with E-state index in [-0.39, 0.29) is 37.7 Å². The average molecular weight is 242 g/mol. The van der Waals surface area contributed by atoms with Crippen LogP contribution in [-0.2, 0) is 9.59 Å². The van der Waals surface area contributed by atoms with Crippen LogP contribution >= 0.6 is 0 Å². The predicted molar refractivity (Wildman–Crippen MR) is 56.0 cm³/mol. The standard InChI is InChI=1S/C12H22O4.2Li/c1-4-5-6-7-8-9(2)12(3,10(13)14)11(15)16;;/h9H,4-8H2,1-3H3,(H,13,14)(H,15,16);;/q;2*+1/p-2. The molecule has 0 aromatic carbocycles. The summed E-state index contributed by atoms with van der Waals surface area (Å²) in [6, 6.07) is 0. The first-order valence-corrected chi connectivity index (χ1v) is 5.80. The molecule has 4 nitrogen and oxygen atoms in total. The molecule has 0 aromatic rings. The van der Waals surface area contributed by atoms with E-state index in [2.05, 4.69) is 6.92 Å². The van der Waals surface area contributed by atoms with Crippen molar-refractivity contribution in [2.75, 3.05) is 0 Å². The molecule has 1 atom stereocenters. The summed E-state index contributed by atoms with van der Waals surface area (Å²) < 4.78 is 0. The molecule has 0 heterocycles. The van der Waals surface area contributed by atoms with Crippen LogP contribution in [-0.4, -0.2) is 11.9 Å². The zero-order chi connectivity index (χ0) is 12.8. The number of carbonyl (C=O) groups is 2. The fourth-order valence-electron chi connectivity index (χ4n) is 1.65. The van der Waals surface area contributed by atoms with Gasteiger partial charge in [0.25, 0.3) is 0 Å². The number of rotatable bonds is 8. The van der Waals surface area contributed by atoms with Gasteiger partial charge in [0.05, 0.1) is 11.9 Å². The molecule has 0 aromatic heterocycles. The molecule has 0 amide bonds. The van der Waals surface area contributed by atoms with Crippen molar-refractivity contribution in [2.45, 2.75) is 52.9 Å². The van der Waals surface area contributed by atoms with Crippen molar-refractivity contribution in [1.82, 2.24) is 0 Å². The Balaban J connectivity index is -0.00000112. The van der Waals surface area contributed by atoms with Gasteiger partial charge in [0, 0.05) is 5.41 Å². The van der Waals surface area contributed by atoms with Gasteiger partial charge in [0.15, 0.2) is 0 Å². The second kappa shape index (κ2) is 11.0. The van der Waals surface area contributed by atoms with E-state index >= 15 is 0 Å². The number of aliphatic carboxylic acids is 2. The first-order valence-electron chi connectivity index (χ1n) is 5.80. The molecule has 6 heteroatoms. The number of hydrogen-bond donors (Lipinski definition) is 0. The molecule has 0 spiro atoms. The Hall–Kier alpha value is 0.135. The minimum Gasteiger partial charge on any atom is -0.549 e. The van der Waals surface area contributed by atoms with Gasteiger partial charge < -0.3 is 19.8 Å². The molecule has 0 aliphatic heterocycles. The summed E-state index contributed by atoms with van der Waals surface area (Å²) >= 11 is 0. The normalized spacial score (nSPS) is 11.9. The Kier molecular flexibility index (Phi) is 14.2. The van der Waals surface area contributed by atoms with Crippen LogP contribution in [0, 0.1) is 11.3 Å². The van der Waals surface area contributed by atoms with Crippen molar-refractivity contribution < 1.29 is 57.5 Å². The van der Waals surface area contributed by atoms with Crippen LogP contribution in [0.1, 0.15) is 52.9 Å². The average Bonchev–Trinajstić information content (AvgIpc) is 2.22. The molecule has 0 fully saturated rings. The van der Waals surface area contributed by atoms with Gasteiger partial charge in [-0.1, -0.05) is 39.5 Å². The molecule has 0 radical (unpaired) electrons. The van der Waals surface area contributed by atoms with E-state index < -0.39 is 23.3 Å². The summed E-state index contributed by atoms with van der Waals surface area (Å²) in [5.41, 5.74) is -1.88. The molecule has 0 aliphatic carbocycles. The zero-order valence-electron chi connectivity index (χ0n) is 12.2. The van der Waals surface area contributed by atoms with Gasteiger partial charge in [-0.15, -0.1) is 0 Å². The fourth-order valence-corrected chi connectivity index (χ4v) is 1.65. The largest absolute Gasteiger partial charge is 1.00 e. The summed E-state index contributed by atoms with van der Waals surface area (Å²) in [6.07, 6.45) is 4.58. The van der Waals surface area contributed by atoms with Crippen molar-refractivity contribution in [2.24, 2.45) is 11.3 Å². The van der Waals surface area contributed by atoms with Crippen LogP contribution in [0.25, 0.3) is 0 Å². The third kappa shape index (κ3) is 6.34. The number of unbranched alkanes of at least 4 members (excludes halogenated alkanes) is 3. The van der Waals surface area contributed by atoms with Gasteiger partial charge in [-0.2, -0.15) is 0 Å². The van der Waals surface area contributed by atoms with Crippen molar-refractivity contribution in [3.8, 4) is 0 Å². The van der Waals surface area contributed by atoms with Crippen LogP contribution in [0.4, 0.5) is 0 Å². The molecule has 0 aliphatic rings. The SMILES string of the molecule is CCCCCCC(C)C(C)(C(=O)[O-])C(=O)[O-].[Li+].[Li+]. The Bertz CT molecular complexity index is 242. The number of carboxylic acid groups (broad SMARTS) is 2. The Morgan fingerprint density at radius 3 is 1.83 bits per heavy atom. The van der Waals surface area contributed by atoms with Crippen LogP contribution in [0.2, 0.25) is 0 Å². The molecule has 0 saturated heterocycles. The molecule has 18 heavy (non-hydrogen) atoms. The van der Waals surface area contributed by atoms with Crippen molar-refractivity contribution >= 4 is 11.9 Å². The van der Waals surface area contributed by atoms with Crippen molar-refractivity contribution in [1.29, 1.82) is 0 Å². The van der Waals surface area contributed by atoms with Crippen LogP contribution < -0.4 is 47.9 Å². The predicted octanol–water partition coefficient (Wildman–Crippen LogP) is -5.89. The van der Waals surface area contributed by atoms with Gasteiger partial charge in [0.1, 0.15) is 0 Å². The van der Waals surface area contributed by atoms with Crippen LogP contribution in [0.3, 0.4) is 0 Å². The third-order valence-corrected chi connectivity index (χ3v) is 3.32. The van der Waals surface area contributed by atoms with E-state index in [9.17, 15) is 19.8 Å². The Labute approximate surface area is 133 Å². The van der Waals surface area contributed by atoms with E-state index in [1.807, 2.05) is 0 Å². The van der Waals surface area contributed by atoms with Gasteiger partial charge in [-0.25, -0.2) is 0 Å². The van der Waals surface area contributed by atoms with Gasteiger partial charge in [-0.3, -0.25) is 0 Å². The monoisotopic (exact) mass is 242 g/mol. The summed E-state index contributed by atoms with van der Waals surface area (Å²) in [5, 5.41) is 21.7. The molecule has 0 bridgehead atoms. The van der Waals surface area contributed by atoms with Crippen LogP contribution in [0.5, 0.6) is 0 Å². The molecule has 0 rings (SSSR count). The summed E-state index contributed by atoms with van der Waals surface area (Å²) in [6.45, 7) is 4.87. The quantitative estimate of drug-likeness (QED) is 0.241. The number of carboxylic acids is 2. The number of hydrogen-bond acceptors (Lipinski definition) is 4. The maximum atomic E-state index is 10.9. The van der Waals surface area contributed by atoms with E-state index in [0.717, 1.165) is 25.7 Å². The smallest absolute Gasteiger partial charge is 0.549 e. The minimum atomic E-state index is -1.88. The van der Waals surface area contributed by atoms with E-state index in [1.54, 1.807) is 6.92 Å². The van der Waals surface area contributed by atoms with Crippen molar-refractivity contribution in [3.05, 3.63) is 0 Å². The zero-order valence-corrected chi connectivity index (χ0v) is 12.2. The second-order valence-corrected chi connectivity index (χ2v) is 4.53. The molecule has 0 saturated carbocycles. The van der Waals surface area contributed by atoms with E-state index in [1.165, 1.54) is 6.92 Å². The Morgan fingerprint density at radius 1 is 1.06 bits per heavy atom. The maximum absolute atomic E-state index is 10.9. The van der Waals surface area contributed by atoms with E-state index in [4.69, 9.17) is 0 Å². The molecular formula is C12H20Li2O4. The fraction of sp³-hybridized carbons (Fsp3) is 0.833. The van der Waals surface area contributed by atoms with Gasteiger partial charge in [0.2, 0.25) is 0 Å². The summed E-state index contributed by atoms with van der Waals surface area (Å²) in [4.78, 5) is 21.7. The minimum absolute atomic E-state index is 0. The van der Waals surface area contributed by atoms with Crippen molar-refractivity contribution in [3.63, 3.8) is 0 Å². The molecule has 94 valence electrons. The van der Waals surface area contributed by atoms with E-state index in [0.29, 0.717) is 6.42 Å². The third-order valence-electron chi connectivity index (χ3n) is 3.32. The second-order valence-electron chi connectivity index (χ2n) is 4.53. The van der Waals surface area contributed by atoms with Crippen LogP contribution in [0.15, 0.2) is 0 Å². The molecular weight excluding hydrogens is 222 g/mol. The topological polar surface area (TPSA) is 80.3 Å². The van der Waals surface area contributed by atoms with Gasteiger partial charge >= 0.3 is 37.7 Å². The first kappa shape index (κ1) is 23.2. The number of carbonyl (C=O) groups excluding carboxylic acids is 2. The summed E-state index contributed by atoms with van der Waals surface area (Å²) in [5.74, 6) is -3.59.